The lowest BCUT2D eigenvalue weighted by molar-refractivity contribution is -0.183. The predicted octanol–water partition coefficient (Wildman–Crippen LogP) is 4.88. The van der Waals surface area contributed by atoms with E-state index in [0.29, 0.717) is 0 Å². The van der Waals surface area contributed by atoms with Crippen molar-refractivity contribution in [3.05, 3.63) is 52.9 Å². The van der Waals surface area contributed by atoms with E-state index in [9.17, 15) is 35.9 Å². The Labute approximate surface area is 179 Å². The van der Waals surface area contributed by atoms with Crippen LogP contribution < -0.4 is 0 Å². The molecule has 32 heavy (non-hydrogen) atoms. The molecule has 0 saturated heterocycles. The number of amides is 2. The van der Waals surface area contributed by atoms with Crippen molar-refractivity contribution in [1.29, 1.82) is 0 Å². The molecule has 0 atom stereocenters. The summed E-state index contributed by atoms with van der Waals surface area (Å²) in [7, 11) is 0. The van der Waals surface area contributed by atoms with Crippen LogP contribution in [0, 0.1) is 5.92 Å². The van der Waals surface area contributed by atoms with E-state index < -0.39 is 48.4 Å². The highest BCUT2D eigenvalue weighted by Crippen LogP contribution is 2.42. The van der Waals surface area contributed by atoms with Gasteiger partial charge in [-0.05, 0) is 38.2 Å². The van der Waals surface area contributed by atoms with Crippen LogP contribution in [-0.2, 0) is 22.3 Å². The van der Waals surface area contributed by atoms with Gasteiger partial charge < -0.3 is 0 Å². The Balaban J connectivity index is 1.57. The number of carbonyl (C=O) groups is 2. The molecule has 0 N–H and O–H groups in total. The second-order valence-corrected chi connectivity index (χ2v) is 8.11. The fourth-order valence-electron chi connectivity index (χ4n) is 4.38. The van der Waals surface area contributed by atoms with Crippen molar-refractivity contribution in [2.45, 2.75) is 57.0 Å². The molecule has 1 aromatic heterocycles. The first-order valence-corrected chi connectivity index (χ1v) is 10.1. The van der Waals surface area contributed by atoms with Crippen LogP contribution in [0.15, 0.2) is 41.6 Å². The molecule has 1 saturated carbocycles. The van der Waals surface area contributed by atoms with Gasteiger partial charge in [0.2, 0.25) is 0 Å². The average molecular weight is 459 g/mol. The molecule has 0 unspecified atom stereocenters. The van der Waals surface area contributed by atoms with Gasteiger partial charge >= 0.3 is 12.4 Å². The number of imide groups is 1. The minimum absolute atomic E-state index is 0.0388. The topological polar surface area (TPSA) is 55.2 Å². The molecular weight excluding hydrogens is 440 g/mol. The fraction of sp³-hybridized carbons (Fsp3) is 0.476. The number of hydrogen-bond donors (Lipinski definition) is 0. The van der Waals surface area contributed by atoms with E-state index in [1.807, 2.05) is 0 Å². The third kappa shape index (κ3) is 4.12. The van der Waals surface area contributed by atoms with E-state index >= 15 is 0 Å². The summed E-state index contributed by atoms with van der Waals surface area (Å²) in [5.74, 6) is -2.82. The van der Waals surface area contributed by atoms with Gasteiger partial charge in [0.15, 0.2) is 5.69 Å². The molecule has 11 heteroatoms. The molecule has 172 valence electrons. The quantitative estimate of drug-likeness (QED) is 0.479. The zero-order valence-electron chi connectivity index (χ0n) is 16.7. The van der Waals surface area contributed by atoms with Crippen LogP contribution in [-0.4, -0.2) is 32.7 Å². The standard InChI is InChI=1S/C21H19F6N3O2/c22-20(23,24)13-6-8-14(9-7-13)30-11-12(17(28-30)21(25,26)27)10-29-18(31)15-4-2-1-3-5-16(15)19(29)32/h1-4,11,13-14H,5-10H2. The third-order valence-corrected chi connectivity index (χ3v) is 6.07. The Kier molecular flexibility index (Phi) is 5.54. The monoisotopic (exact) mass is 459 g/mol. The van der Waals surface area contributed by atoms with Crippen molar-refractivity contribution in [3.8, 4) is 0 Å². The van der Waals surface area contributed by atoms with Gasteiger partial charge in [0.05, 0.1) is 18.5 Å². The van der Waals surface area contributed by atoms with Crippen molar-refractivity contribution in [1.82, 2.24) is 14.7 Å². The maximum Gasteiger partial charge on any atom is 0.435 e. The molecule has 0 spiro atoms. The second-order valence-electron chi connectivity index (χ2n) is 8.11. The molecule has 5 nitrogen and oxygen atoms in total. The summed E-state index contributed by atoms with van der Waals surface area (Å²) in [4.78, 5) is 26.1. The summed E-state index contributed by atoms with van der Waals surface area (Å²) < 4.78 is 80.6. The van der Waals surface area contributed by atoms with Gasteiger partial charge in [-0.1, -0.05) is 18.2 Å². The van der Waals surface area contributed by atoms with Gasteiger partial charge in [-0.25, -0.2) is 0 Å². The first-order valence-electron chi connectivity index (χ1n) is 10.1. The molecule has 2 heterocycles. The number of allylic oxidation sites excluding steroid dienone is 3. The van der Waals surface area contributed by atoms with Gasteiger partial charge in [0.1, 0.15) is 0 Å². The highest BCUT2D eigenvalue weighted by Gasteiger charge is 2.44. The zero-order chi connectivity index (χ0) is 23.3. The number of alkyl halides is 6. The first-order chi connectivity index (χ1) is 15.0. The second kappa shape index (κ2) is 7.93. The van der Waals surface area contributed by atoms with Gasteiger partial charge in [-0.15, -0.1) is 0 Å². The van der Waals surface area contributed by atoms with Gasteiger partial charge in [-0.3, -0.25) is 19.2 Å². The summed E-state index contributed by atoms with van der Waals surface area (Å²) >= 11 is 0. The summed E-state index contributed by atoms with van der Waals surface area (Å²) in [5.41, 5.74) is -1.25. The van der Waals surface area contributed by atoms with Crippen molar-refractivity contribution in [2.75, 3.05) is 0 Å². The Morgan fingerprint density at radius 3 is 2.28 bits per heavy atom. The normalized spacial score (nSPS) is 24.4. The summed E-state index contributed by atoms with van der Waals surface area (Å²) in [5, 5.41) is 3.61. The Bertz CT molecular complexity index is 1020. The van der Waals surface area contributed by atoms with Crippen molar-refractivity contribution in [3.63, 3.8) is 0 Å². The minimum Gasteiger partial charge on any atom is -0.270 e. The van der Waals surface area contributed by atoms with Crippen LogP contribution in [0.2, 0.25) is 0 Å². The number of hydrogen-bond acceptors (Lipinski definition) is 3. The minimum atomic E-state index is -4.84. The maximum absolute atomic E-state index is 13.6. The lowest BCUT2D eigenvalue weighted by Gasteiger charge is -2.29. The molecule has 4 rings (SSSR count). The van der Waals surface area contributed by atoms with Gasteiger partial charge in [-0.2, -0.15) is 31.4 Å². The smallest absolute Gasteiger partial charge is 0.270 e. The largest absolute Gasteiger partial charge is 0.435 e. The maximum atomic E-state index is 13.6. The molecule has 3 aliphatic rings. The number of rotatable bonds is 3. The highest BCUT2D eigenvalue weighted by atomic mass is 19.4. The molecule has 2 amide bonds. The lowest BCUT2D eigenvalue weighted by Crippen LogP contribution is -2.32. The van der Waals surface area contributed by atoms with Crippen molar-refractivity contribution < 1.29 is 35.9 Å². The molecular formula is C21H19F6N3O2. The van der Waals surface area contributed by atoms with Crippen molar-refractivity contribution in [2.24, 2.45) is 5.92 Å². The zero-order valence-corrected chi connectivity index (χ0v) is 16.7. The average Bonchev–Trinajstić information content (AvgIpc) is 3.11. The van der Waals surface area contributed by atoms with Gasteiger partial charge in [0.25, 0.3) is 11.8 Å². The predicted molar refractivity (Wildman–Crippen MR) is 99.8 cm³/mol. The van der Waals surface area contributed by atoms with Crippen LogP contribution in [0.5, 0.6) is 0 Å². The first kappa shape index (κ1) is 22.3. The Morgan fingerprint density at radius 2 is 1.66 bits per heavy atom. The third-order valence-electron chi connectivity index (χ3n) is 6.07. The summed E-state index contributed by atoms with van der Waals surface area (Å²) in [6, 6.07) is -0.614. The molecule has 0 aromatic carbocycles. The molecule has 1 aliphatic heterocycles. The van der Waals surface area contributed by atoms with E-state index in [-0.39, 0.29) is 48.8 Å². The van der Waals surface area contributed by atoms with Crippen molar-refractivity contribution >= 4 is 11.8 Å². The van der Waals surface area contributed by atoms with Crippen LogP contribution in [0.25, 0.3) is 0 Å². The van der Waals surface area contributed by atoms with Crippen LogP contribution in [0.3, 0.4) is 0 Å². The molecule has 1 aromatic rings. The van der Waals surface area contributed by atoms with E-state index in [1.54, 1.807) is 18.2 Å². The van der Waals surface area contributed by atoms with E-state index in [1.165, 1.54) is 6.08 Å². The van der Waals surface area contributed by atoms with E-state index in [0.717, 1.165) is 15.8 Å². The van der Waals surface area contributed by atoms with E-state index in [4.69, 9.17) is 0 Å². The Hall–Kier alpha value is -2.85. The molecule has 1 fully saturated rings. The summed E-state index contributed by atoms with van der Waals surface area (Å²) in [6.07, 6.45) is -1.82. The number of aromatic nitrogens is 2. The van der Waals surface area contributed by atoms with Crippen LogP contribution >= 0.6 is 0 Å². The summed E-state index contributed by atoms with van der Waals surface area (Å²) in [6.45, 7) is -0.616. The number of carbonyl (C=O) groups excluding carboxylic acids is 2. The molecule has 2 aliphatic carbocycles. The lowest BCUT2D eigenvalue weighted by atomic mass is 9.86. The van der Waals surface area contributed by atoms with Crippen LogP contribution in [0.4, 0.5) is 26.3 Å². The number of nitrogens with zero attached hydrogens (tertiary/aromatic N) is 3. The van der Waals surface area contributed by atoms with E-state index in [2.05, 4.69) is 5.10 Å². The van der Waals surface area contributed by atoms with Gasteiger partial charge in [0, 0.05) is 22.9 Å². The number of halogens is 6. The molecule has 0 radical (unpaired) electrons. The molecule has 0 bridgehead atoms. The SMILES string of the molecule is O=C1C2=C(CC=CC=C2)C(=O)N1Cc1cn(C2CCC(C(F)(F)F)CC2)nc1C(F)(F)F. The highest BCUT2D eigenvalue weighted by molar-refractivity contribution is 6.20. The Morgan fingerprint density at radius 1 is 0.969 bits per heavy atom. The fourth-order valence-corrected chi connectivity index (χ4v) is 4.38. The van der Waals surface area contributed by atoms with Crippen LogP contribution in [0.1, 0.15) is 49.4 Å².